The van der Waals surface area contributed by atoms with Crippen LogP contribution in [0.25, 0.3) is 0 Å². The zero-order chi connectivity index (χ0) is 11.9. The minimum atomic E-state index is -0.363. The van der Waals surface area contributed by atoms with Gasteiger partial charge in [0.25, 0.3) is 0 Å². The molecular formula is C10H13ClN2O3. The Morgan fingerprint density at radius 1 is 1.38 bits per heavy atom. The van der Waals surface area contributed by atoms with Gasteiger partial charge in [-0.3, -0.25) is 19.3 Å². The van der Waals surface area contributed by atoms with E-state index in [0.717, 1.165) is 0 Å². The summed E-state index contributed by atoms with van der Waals surface area (Å²) in [6.45, 7) is 0.838. The zero-order valence-corrected chi connectivity index (χ0v) is 9.74. The molecule has 2 aliphatic heterocycles. The second-order valence-electron chi connectivity index (χ2n) is 4.21. The van der Waals surface area contributed by atoms with Crippen LogP contribution >= 0.6 is 11.6 Å². The van der Waals surface area contributed by atoms with Gasteiger partial charge < -0.3 is 4.90 Å². The van der Waals surface area contributed by atoms with Crippen LogP contribution in [-0.4, -0.2) is 53.5 Å². The molecule has 2 atom stereocenters. The number of likely N-dealkylation sites (tertiary alicyclic amines) is 2. The van der Waals surface area contributed by atoms with E-state index in [1.807, 2.05) is 0 Å². The smallest absolute Gasteiger partial charge is 0.237 e. The number of halogens is 1. The van der Waals surface area contributed by atoms with E-state index in [-0.39, 0.29) is 35.4 Å². The summed E-state index contributed by atoms with van der Waals surface area (Å²) in [5.74, 6) is -1.14. The van der Waals surface area contributed by atoms with Crippen molar-refractivity contribution in [3.05, 3.63) is 0 Å². The summed E-state index contributed by atoms with van der Waals surface area (Å²) in [6, 6.07) is 0. The molecule has 0 aromatic carbocycles. The van der Waals surface area contributed by atoms with Gasteiger partial charge in [-0.1, -0.05) is 0 Å². The topological polar surface area (TPSA) is 57.7 Å². The van der Waals surface area contributed by atoms with Gasteiger partial charge in [0, 0.05) is 20.1 Å². The largest absolute Gasteiger partial charge is 0.341 e. The van der Waals surface area contributed by atoms with Crippen LogP contribution in [0, 0.1) is 11.8 Å². The predicted molar refractivity (Wildman–Crippen MR) is 56.7 cm³/mol. The maximum atomic E-state index is 11.7. The molecule has 0 bridgehead atoms. The van der Waals surface area contributed by atoms with Crippen molar-refractivity contribution in [2.24, 2.45) is 11.8 Å². The van der Waals surface area contributed by atoms with Gasteiger partial charge >= 0.3 is 0 Å². The normalized spacial score (nSPS) is 29.6. The van der Waals surface area contributed by atoms with Gasteiger partial charge in [0.15, 0.2) is 0 Å². The van der Waals surface area contributed by atoms with Gasteiger partial charge in [-0.25, -0.2) is 0 Å². The van der Waals surface area contributed by atoms with Crippen LogP contribution in [0.5, 0.6) is 0 Å². The molecule has 0 spiro atoms. The lowest BCUT2D eigenvalue weighted by Crippen LogP contribution is -2.45. The molecule has 0 aromatic rings. The third-order valence-corrected chi connectivity index (χ3v) is 3.60. The number of amides is 3. The number of hydrogen-bond donors (Lipinski definition) is 0. The Bertz CT molecular complexity index is 358. The lowest BCUT2D eigenvalue weighted by Gasteiger charge is -2.31. The van der Waals surface area contributed by atoms with Crippen LogP contribution in [0.15, 0.2) is 0 Å². The predicted octanol–water partition coefficient (Wildman–Crippen LogP) is -0.312. The summed E-state index contributed by atoms with van der Waals surface area (Å²) in [4.78, 5) is 37.6. The molecule has 0 radical (unpaired) electrons. The standard InChI is InChI=1S/C10H13ClN2O3/c1-12-9(15)6-2-3-13(8(14)4-11)5-7(6)10(12)16/h6-7H,2-5H2,1H3/t6-,7+/m0/s1. The number of piperidine rings is 1. The first kappa shape index (κ1) is 11.4. The summed E-state index contributed by atoms with van der Waals surface area (Å²) >= 11 is 5.47. The minimum Gasteiger partial charge on any atom is -0.341 e. The maximum absolute atomic E-state index is 11.7. The number of nitrogens with zero attached hydrogens (tertiary/aromatic N) is 2. The molecule has 0 unspecified atom stereocenters. The fourth-order valence-corrected chi connectivity index (χ4v) is 2.58. The minimum absolute atomic E-state index is 0.0740. The lowest BCUT2D eigenvalue weighted by molar-refractivity contribution is -0.138. The van der Waals surface area contributed by atoms with Crippen LogP contribution in [0.4, 0.5) is 0 Å². The van der Waals surface area contributed by atoms with Crippen molar-refractivity contribution in [3.63, 3.8) is 0 Å². The Balaban J connectivity index is 2.13. The number of alkyl halides is 1. The molecule has 0 aromatic heterocycles. The number of rotatable bonds is 1. The number of fused-ring (bicyclic) bond motifs is 1. The lowest BCUT2D eigenvalue weighted by atomic mass is 9.88. The van der Waals surface area contributed by atoms with E-state index in [0.29, 0.717) is 19.5 Å². The van der Waals surface area contributed by atoms with E-state index < -0.39 is 0 Å². The summed E-state index contributed by atoms with van der Waals surface area (Å²) in [7, 11) is 1.50. The Morgan fingerprint density at radius 2 is 2.00 bits per heavy atom. The molecule has 0 saturated carbocycles. The highest BCUT2D eigenvalue weighted by Gasteiger charge is 2.48. The highest BCUT2D eigenvalue weighted by atomic mass is 35.5. The van der Waals surface area contributed by atoms with E-state index in [2.05, 4.69) is 0 Å². The van der Waals surface area contributed by atoms with E-state index in [1.54, 1.807) is 4.90 Å². The third-order valence-electron chi connectivity index (χ3n) is 3.38. The molecule has 2 saturated heterocycles. The van der Waals surface area contributed by atoms with Crippen LogP contribution in [0.3, 0.4) is 0 Å². The number of imide groups is 1. The van der Waals surface area contributed by atoms with Crippen molar-refractivity contribution in [2.45, 2.75) is 6.42 Å². The average molecular weight is 245 g/mol. The fraction of sp³-hybridized carbons (Fsp3) is 0.700. The van der Waals surface area contributed by atoms with Gasteiger partial charge in [0.2, 0.25) is 17.7 Å². The first-order valence-corrected chi connectivity index (χ1v) is 5.75. The molecule has 3 amide bonds. The van der Waals surface area contributed by atoms with E-state index >= 15 is 0 Å². The van der Waals surface area contributed by atoms with E-state index in [1.165, 1.54) is 11.9 Å². The van der Waals surface area contributed by atoms with Gasteiger partial charge in [-0.15, -0.1) is 11.6 Å². The van der Waals surface area contributed by atoms with Crippen molar-refractivity contribution in [1.29, 1.82) is 0 Å². The van der Waals surface area contributed by atoms with Gasteiger partial charge in [0.05, 0.1) is 11.8 Å². The molecule has 5 nitrogen and oxygen atoms in total. The third kappa shape index (κ3) is 1.59. The van der Waals surface area contributed by atoms with Crippen LogP contribution in [0.2, 0.25) is 0 Å². The SMILES string of the molecule is CN1C(=O)[C@H]2CCN(C(=O)CCl)C[C@H]2C1=O. The van der Waals surface area contributed by atoms with Crippen LogP contribution in [0.1, 0.15) is 6.42 Å². The second-order valence-corrected chi connectivity index (χ2v) is 4.48. The molecule has 6 heteroatoms. The Labute approximate surface area is 98.3 Å². The molecular weight excluding hydrogens is 232 g/mol. The molecule has 2 aliphatic rings. The maximum Gasteiger partial charge on any atom is 0.237 e. The van der Waals surface area contributed by atoms with Crippen LogP contribution < -0.4 is 0 Å². The summed E-state index contributed by atoms with van der Waals surface area (Å²) in [5.41, 5.74) is 0. The Kier molecular flexibility index (Phi) is 2.88. The molecule has 2 heterocycles. The second kappa shape index (κ2) is 4.05. The first-order valence-electron chi connectivity index (χ1n) is 5.21. The molecule has 88 valence electrons. The van der Waals surface area contributed by atoms with Crippen LogP contribution in [-0.2, 0) is 14.4 Å². The molecule has 16 heavy (non-hydrogen) atoms. The van der Waals surface area contributed by atoms with Crippen molar-refractivity contribution in [3.8, 4) is 0 Å². The average Bonchev–Trinajstić information content (AvgIpc) is 2.53. The Morgan fingerprint density at radius 3 is 2.62 bits per heavy atom. The Hall–Kier alpha value is -1.10. The zero-order valence-electron chi connectivity index (χ0n) is 8.98. The summed E-state index contributed by atoms with van der Waals surface area (Å²) in [6.07, 6.45) is 0.558. The molecule has 0 N–H and O–H groups in total. The highest BCUT2D eigenvalue weighted by Crippen LogP contribution is 2.32. The number of carbonyl (C=O) groups excluding carboxylic acids is 3. The van der Waals surface area contributed by atoms with E-state index in [9.17, 15) is 14.4 Å². The molecule has 2 rings (SSSR count). The van der Waals surface area contributed by atoms with Crippen molar-refractivity contribution in [2.75, 3.05) is 26.0 Å². The monoisotopic (exact) mass is 244 g/mol. The fourth-order valence-electron chi connectivity index (χ4n) is 2.41. The van der Waals surface area contributed by atoms with Gasteiger partial charge in [-0.05, 0) is 6.42 Å². The van der Waals surface area contributed by atoms with Crippen molar-refractivity contribution in [1.82, 2.24) is 9.80 Å². The molecule has 2 fully saturated rings. The highest BCUT2D eigenvalue weighted by molar-refractivity contribution is 6.27. The number of carbonyl (C=O) groups is 3. The number of hydrogen-bond acceptors (Lipinski definition) is 3. The summed E-state index contributed by atoms with van der Waals surface area (Å²) < 4.78 is 0. The quantitative estimate of drug-likeness (QED) is 0.470. The van der Waals surface area contributed by atoms with Gasteiger partial charge in [0.1, 0.15) is 5.88 Å². The van der Waals surface area contributed by atoms with Crippen molar-refractivity contribution < 1.29 is 14.4 Å². The van der Waals surface area contributed by atoms with Crippen molar-refractivity contribution >= 4 is 29.3 Å². The van der Waals surface area contributed by atoms with Gasteiger partial charge in [-0.2, -0.15) is 0 Å². The first-order chi connectivity index (χ1) is 7.56. The summed E-state index contributed by atoms with van der Waals surface area (Å²) in [5, 5.41) is 0. The van der Waals surface area contributed by atoms with E-state index in [4.69, 9.17) is 11.6 Å². The molecule has 0 aliphatic carbocycles.